The number of hydrogen-bond donors (Lipinski definition) is 2. The molecule has 1 heterocycles. The number of nitrogens with one attached hydrogen (secondary N) is 2. The van der Waals surface area contributed by atoms with Gasteiger partial charge in [-0.2, -0.15) is 0 Å². The quantitative estimate of drug-likeness (QED) is 0.665. The highest BCUT2D eigenvalue weighted by molar-refractivity contribution is 6.30. The lowest BCUT2D eigenvalue weighted by Crippen LogP contribution is -2.39. The molecular weight excluding hydrogens is 404 g/mol. The van der Waals surface area contributed by atoms with E-state index in [0.717, 1.165) is 12.1 Å². The van der Waals surface area contributed by atoms with Gasteiger partial charge in [-0.25, -0.2) is 13.5 Å². The molecule has 0 spiro atoms. The van der Waals surface area contributed by atoms with Gasteiger partial charge in [0.2, 0.25) is 5.91 Å². The number of hydrogen-bond acceptors (Lipinski definition) is 4. The van der Waals surface area contributed by atoms with Crippen molar-refractivity contribution in [1.82, 2.24) is 25.6 Å². The van der Waals surface area contributed by atoms with E-state index >= 15 is 0 Å². The van der Waals surface area contributed by atoms with E-state index in [1.54, 1.807) is 31.2 Å². The Hall–Kier alpha value is -3.33. The topological polar surface area (TPSA) is 88.9 Å². The third kappa shape index (κ3) is 4.24. The average molecular weight is 420 g/mol. The van der Waals surface area contributed by atoms with Crippen molar-refractivity contribution in [3.63, 3.8) is 0 Å². The van der Waals surface area contributed by atoms with Gasteiger partial charge in [-0.05, 0) is 42.8 Å². The van der Waals surface area contributed by atoms with Crippen LogP contribution in [0.25, 0.3) is 5.69 Å². The third-order valence-electron chi connectivity index (χ3n) is 4.22. The molecule has 1 atom stereocenters. The molecule has 0 aliphatic rings. The monoisotopic (exact) mass is 419 g/mol. The first-order valence-corrected chi connectivity index (χ1v) is 8.85. The minimum Gasteiger partial charge on any atom is -0.357 e. The van der Waals surface area contributed by atoms with Crippen LogP contribution in [0.1, 0.15) is 27.8 Å². The van der Waals surface area contributed by atoms with E-state index in [0.29, 0.717) is 16.4 Å². The summed E-state index contributed by atoms with van der Waals surface area (Å²) in [5.74, 6) is -3.50. The highest BCUT2D eigenvalue weighted by atomic mass is 35.5. The van der Waals surface area contributed by atoms with Crippen LogP contribution in [0.5, 0.6) is 0 Å². The number of rotatable bonds is 5. The van der Waals surface area contributed by atoms with Crippen molar-refractivity contribution in [3.05, 3.63) is 76.1 Å². The van der Waals surface area contributed by atoms with E-state index < -0.39 is 29.5 Å². The Bertz CT molecular complexity index is 1090. The lowest BCUT2D eigenvalue weighted by molar-refractivity contribution is -0.122. The molecule has 3 aromatic rings. The normalized spacial score (nSPS) is 11.8. The summed E-state index contributed by atoms with van der Waals surface area (Å²) < 4.78 is 28.2. The van der Waals surface area contributed by atoms with Gasteiger partial charge in [0.25, 0.3) is 5.91 Å². The van der Waals surface area contributed by atoms with Crippen LogP contribution in [0.15, 0.2) is 42.5 Å². The van der Waals surface area contributed by atoms with Gasteiger partial charge < -0.3 is 10.6 Å². The Morgan fingerprint density at radius 1 is 1.14 bits per heavy atom. The fourth-order valence-electron chi connectivity index (χ4n) is 2.73. The molecule has 3 rings (SSSR count). The van der Waals surface area contributed by atoms with Crippen molar-refractivity contribution in [2.75, 3.05) is 7.05 Å². The maximum Gasteiger partial charge on any atom is 0.274 e. The summed E-state index contributed by atoms with van der Waals surface area (Å²) >= 11 is 5.99. The maximum absolute atomic E-state index is 13.6. The molecule has 0 aliphatic heterocycles. The standard InChI is InChI=1S/C19H16ClF2N5O2/c1-10-16(25-26-27(10)13-5-3-4-12(20)9-13)19(29)24-17(18(28)23-2)11-6-7-14(21)15(22)8-11/h3-9,17H,1-2H3,(H,23,28)(H,24,29). The molecule has 2 aromatic carbocycles. The van der Waals surface area contributed by atoms with E-state index in [4.69, 9.17) is 11.6 Å². The van der Waals surface area contributed by atoms with Gasteiger partial charge >= 0.3 is 0 Å². The van der Waals surface area contributed by atoms with Crippen LogP contribution in [0, 0.1) is 18.6 Å². The van der Waals surface area contributed by atoms with Crippen LogP contribution in [0.4, 0.5) is 8.78 Å². The summed E-state index contributed by atoms with van der Waals surface area (Å²) in [5.41, 5.74) is 1.06. The summed E-state index contributed by atoms with van der Waals surface area (Å²) in [7, 11) is 1.36. The number of benzene rings is 2. The Balaban J connectivity index is 1.90. The van der Waals surface area contributed by atoms with Gasteiger partial charge in [-0.1, -0.05) is 28.9 Å². The molecule has 10 heteroatoms. The summed E-state index contributed by atoms with van der Waals surface area (Å²) in [6.07, 6.45) is 0. The zero-order valence-electron chi connectivity index (χ0n) is 15.4. The molecular formula is C19H16ClF2N5O2. The zero-order valence-corrected chi connectivity index (χ0v) is 16.2. The second-order valence-electron chi connectivity index (χ2n) is 6.11. The molecule has 150 valence electrons. The third-order valence-corrected chi connectivity index (χ3v) is 4.46. The number of likely N-dealkylation sites (N-methyl/N-ethyl adjacent to an activating group) is 1. The van der Waals surface area contributed by atoms with Crippen LogP contribution in [0.3, 0.4) is 0 Å². The fraction of sp³-hybridized carbons (Fsp3) is 0.158. The first-order valence-electron chi connectivity index (χ1n) is 8.47. The average Bonchev–Trinajstić information content (AvgIpc) is 3.09. The lowest BCUT2D eigenvalue weighted by atomic mass is 10.1. The Morgan fingerprint density at radius 2 is 1.90 bits per heavy atom. The van der Waals surface area contributed by atoms with Gasteiger partial charge in [0, 0.05) is 12.1 Å². The Kier molecular flexibility index (Phi) is 5.88. The first-order chi connectivity index (χ1) is 13.8. The summed E-state index contributed by atoms with van der Waals surface area (Å²) in [6, 6.07) is 8.51. The molecule has 0 saturated heterocycles. The second kappa shape index (κ2) is 8.36. The van der Waals surface area contributed by atoms with Gasteiger partial charge in [0.1, 0.15) is 6.04 Å². The molecule has 29 heavy (non-hydrogen) atoms. The van der Waals surface area contributed by atoms with Crippen molar-refractivity contribution in [2.45, 2.75) is 13.0 Å². The fourth-order valence-corrected chi connectivity index (χ4v) is 2.91. The predicted molar refractivity (Wildman–Crippen MR) is 102 cm³/mol. The van der Waals surface area contributed by atoms with Gasteiger partial charge in [0.05, 0.1) is 11.4 Å². The van der Waals surface area contributed by atoms with Gasteiger partial charge in [-0.15, -0.1) is 5.10 Å². The molecule has 0 saturated carbocycles. The van der Waals surface area contributed by atoms with Crippen molar-refractivity contribution >= 4 is 23.4 Å². The number of aromatic nitrogens is 3. The smallest absolute Gasteiger partial charge is 0.274 e. The van der Waals surface area contributed by atoms with Crippen molar-refractivity contribution in [1.29, 1.82) is 0 Å². The zero-order chi connectivity index (χ0) is 21.1. The van der Waals surface area contributed by atoms with E-state index in [1.165, 1.54) is 17.8 Å². The lowest BCUT2D eigenvalue weighted by Gasteiger charge is -2.17. The van der Waals surface area contributed by atoms with Crippen LogP contribution >= 0.6 is 11.6 Å². The molecule has 0 aliphatic carbocycles. The molecule has 2 amide bonds. The maximum atomic E-state index is 13.6. The van der Waals surface area contributed by atoms with Crippen molar-refractivity contribution < 1.29 is 18.4 Å². The molecule has 0 radical (unpaired) electrons. The number of carbonyl (C=O) groups is 2. The Labute approximate surface area is 169 Å². The van der Waals surface area contributed by atoms with Crippen LogP contribution < -0.4 is 10.6 Å². The molecule has 0 fully saturated rings. The minimum absolute atomic E-state index is 0.0264. The summed E-state index contributed by atoms with van der Waals surface area (Å²) in [4.78, 5) is 25.0. The minimum atomic E-state index is -1.25. The predicted octanol–water partition coefficient (Wildman–Crippen LogP) is 2.72. The van der Waals surface area contributed by atoms with E-state index in [2.05, 4.69) is 20.9 Å². The van der Waals surface area contributed by atoms with E-state index in [9.17, 15) is 18.4 Å². The number of carbonyl (C=O) groups excluding carboxylic acids is 2. The second-order valence-corrected chi connectivity index (χ2v) is 6.55. The van der Waals surface area contributed by atoms with Gasteiger partial charge in [0.15, 0.2) is 17.3 Å². The van der Waals surface area contributed by atoms with E-state index in [-0.39, 0.29) is 11.3 Å². The first kappa shape index (κ1) is 20.4. The van der Waals surface area contributed by atoms with Crippen LogP contribution in [0.2, 0.25) is 5.02 Å². The van der Waals surface area contributed by atoms with E-state index in [1.807, 2.05) is 0 Å². The van der Waals surface area contributed by atoms with Crippen molar-refractivity contribution in [2.24, 2.45) is 0 Å². The number of halogens is 3. The molecule has 2 N–H and O–H groups in total. The largest absolute Gasteiger partial charge is 0.357 e. The number of nitrogens with zero attached hydrogens (tertiary/aromatic N) is 3. The van der Waals surface area contributed by atoms with Gasteiger partial charge in [-0.3, -0.25) is 9.59 Å². The highest BCUT2D eigenvalue weighted by Crippen LogP contribution is 2.19. The molecule has 1 unspecified atom stereocenters. The summed E-state index contributed by atoms with van der Waals surface area (Å²) in [5, 5.41) is 13.2. The molecule has 0 bridgehead atoms. The van der Waals surface area contributed by atoms with Crippen LogP contribution in [-0.2, 0) is 4.79 Å². The molecule has 7 nitrogen and oxygen atoms in total. The SMILES string of the molecule is CNC(=O)C(NC(=O)c1nnn(-c2cccc(Cl)c2)c1C)c1ccc(F)c(F)c1. The van der Waals surface area contributed by atoms with Crippen LogP contribution in [-0.4, -0.2) is 33.9 Å². The summed E-state index contributed by atoms with van der Waals surface area (Å²) in [6.45, 7) is 1.63. The number of amides is 2. The Morgan fingerprint density at radius 3 is 2.55 bits per heavy atom. The molecule has 1 aromatic heterocycles. The highest BCUT2D eigenvalue weighted by Gasteiger charge is 2.26. The van der Waals surface area contributed by atoms with Crippen molar-refractivity contribution in [3.8, 4) is 5.69 Å².